The molecule has 3 aromatic rings. The van der Waals surface area contributed by atoms with Gasteiger partial charge in [-0.15, -0.1) is 0 Å². The van der Waals surface area contributed by atoms with E-state index in [9.17, 15) is 9.59 Å². The van der Waals surface area contributed by atoms with Gasteiger partial charge >= 0.3 is 12.2 Å². The second-order valence-corrected chi connectivity index (χ2v) is 6.23. The topological polar surface area (TPSA) is 105 Å². The van der Waals surface area contributed by atoms with Gasteiger partial charge in [-0.25, -0.2) is 9.59 Å². The summed E-state index contributed by atoms with van der Waals surface area (Å²) in [4.78, 5) is 22.9. The van der Waals surface area contributed by atoms with Crippen LogP contribution < -0.4 is 16.2 Å². The molecule has 28 heavy (non-hydrogen) atoms. The smallest absolute Gasteiger partial charge is 0.409 e. The number of carbonyl (C=O) groups is 2. The summed E-state index contributed by atoms with van der Waals surface area (Å²) >= 11 is 0. The molecule has 0 atom stereocenters. The van der Waals surface area contributed by atoms with Crippen LogP contribution in [-0.2, 0) is 16.8 Å². The molecule has 0 saturated carbocycles. The molecule has 0 unspecified atom stereocenters. The average molecular weight is 376 g/mol. The highest BCUT2D eigenvalue weighted by molar-refractivity contribution is 5.68. The Bertz CT molecular complexity index is 919. The Morgan fingerprint density at radius 3 is 1.82 bits per heavy atom. The normalized spacial score (nSPS) is 10.9. The van der Waals surface area contributed by atoms with E-state index in [0.29, 0.717) is 5.75 Å². The molecule has 0 fully saturated rings. The van der Waals surface area contributed by atoms with Crippen molar-refractivity contribution in [3.8, 4) is 5.75 Å². The molecule has 142 valence electrons. The molecule has 0 spiro atoms. The van der Waals surface area contributed by atoms with Crippen LogP contribution in [0.25, 0.3) is 0 Å². The number of benzene rings is 3. The van der Waals surface area contributed by atoms with Gasteiger partial charge in [0.25, 0.3) is 0 Å². The SMILES string of the molecule is NC(=O)Oc1cccc(CC(OC(N)=O)(c2ccccc2)c2ccccc2)c1. The molecule has 0 heterocycles. The second-order valence-electron chi connectivity index (χ2n) is 6.23. The summed E-state index contributed by atoms with van der Waals surface area (Å²) in [6.45, 7) is 0. The van der Waals surface area contributed by atoms with Crippen molar-refractivity contribution in [2.75, 3.05) is 0 Å². The van der Waals surface area contributed by atoms with Crippen LogP contribution in [0.15, 0.2) is 84.9 Å². The van der Waals surface area contributed by atoms with Gasteiger partial charge in [0.15, 0.2) is 5.60 Å². The Morgan fingerprint density at radius 1 is 0.750 bits per heavy atom. The number of hydrogen-bond donors (Lipinski definition) is 2. The van der Waals surface area contributed by atoms with Crippen molar-refractivity contribution in [2.45, 2.75) is 12.0 Å². The van der Waals surface area contributed by atoms with Crippen LogP contribution in [0, 0.1) is 0 Å². The van der Waals surface area contributed by atoms with Crippen LogP contribution in [0.4, 0.5) is 9.59 Å². The predicted octanol–water partition coefficient (Wildman–Crippen LogP) is 3.73. The van der Waals surface area contributed by atoms with Gasteiger partial charge in [-0.2, -0.15) is 0 Å². The molecule has 0 aliphatic heterocycles. The number of rotatable bonds is 6. The standard InChI is InChI=1S/C22H20N2O4/c23-20(25)27-19-13-7-8-16(14-19)15-22(28-21(24)26,17-9-3-1-4-10-17)18-11-5-2-6-12-18/h1-14H,15H2,(H2,23,25)(H2,24,26). The van der Waals surface area contributed by atoms with E-state index in [-0.39, 0.29) is 6.42 Å². The molecule has 2 amide bonds. The summed E-state index contributed by atoms with van der Waals surface area (Å²) in [6.07, 6.45) is -1.51. The van der Waals surface area contributed by atoms with Crippen molar-refractivity contribution in [3.63, 3.8) is 0 Å². The van der Waals surface area contributed by atoms with Crippen LogP contribution in [0.3, 0.4) is 0 Å². The first-order valence-electron chi connectivity index (χ1n) is 8.65. The summed E-state index contributed by atoms with van der Waals surface area (Å²) < 4.78 is 10.7. The van der Waals surface area contributed by atoms with Crippen molar-refractivity contribution < 1.29 is 19.1 Å². The Hall–Kier alpha value is -3.80. The van der Waals surface area contributed by atoms with Gasteiger partial charge in [0, 0.05) is 17.5 Å². The molecule has 6 heteroatoms. The minimum atomic E-state index is -1.15. The predicted molar refractivity (Wildman–Crippen MR) is 105 cm³/mol. The third-order valence-corrected chi connectivity index (χ3v) is 4.32. The maximum absolute atomic E-state index is 11.9. The highest BCUT2D eigenvalue weighted by atomic mass is 16.6. The average Bonchev–Trinajstić information content (AvgIpc) is 2.68. The van der Waals surface area contributed by atoms with E-state index in [4.69, 9.17) is 20.9 Å². The zero-order chi connectivity index (χ0) is 20.0. The maximum Gasteiger partial charge on any atom is 0.409 e. The molecule has 3 aromatic carbocycles. The summed E-state index contributed by atoms with van der Waals surface area (Å²) in [5.74, 6) is 0.305. The molecule has 0 radical (unpaired) electrons. The van der Waals surface area contributed by atoms with Crippen LogP contribution >= 0.6 is 0 Å². The Morgan fingerprint density at radius 2 is 1.32 bits per heavy atom. The van der Waals surface area contributed by atoms with E-state index < -0.39 is 17.8 Å². The lowest BCUT2D eigenvalue weighted by Gasteiger charge is -2.34. The molecule has 6 nitrogen and oxygen atoms in total. The lowest BCUT2D eigenvalue weighted by atomic mass is 9.81. The molecular weight excluding hydrogens is 356 g/mol. The number of amides is 2. The van der Waals surface area contributed by atoms with Crippen LogP contribution in [0.5, 0.6) is 5.75 Å². The van der Waals surface area contributed by atoms with E-state index in [1.807, 2.05) is 66.7 Å². The molecule has 0 saturated heterocycles. The van der Waals surface area contributed by atoms with Gasteiger partial charge in [0.05, 0.1) is 0 Å². The number of nitrogens with two attached hydrogens (primary N) is 2. The summed E-state index contributed by atoms with van der Waals surface area (Å²) in [5.41, 5.74) is 11.7. The van der Waals surface area contributed by atoms with Crippen LogP contribution in [0.2, 0.25) is 0 Å². The zero-order valence-electron chi connectivity index (χ0n) is 15.1. The number of primary amides is 2. The van der Waals surface area contributed by atoms with Crippen LogP contribution in [0.1, 0.15) is 16.7 Å². The van der Waals surface area contributed by atoms with Gasteiger partial charge in [-0.3, -0.25) is 0 Å². The van der Waals surface area contributed by atoms with E-state index in [0.717, 1.165) is 16.7 Å². The van der Waals surface area contributed by atoms with Crippen molar-refractivity contribution in [1.29, 1.82) is 0 Å². The second kappa shape index (κ2) is 8.26. The molecule has 0 aliphatic rings. The van der Waals surface area contributed by atoms with Crippen LogP contribution in [-0.4, -0.2) is 12.2 Å². The number of ether oxygens (including phenoxy) is 2. The maximum atomic E-state index is 11.9. The third kappa shape index (κ3) is 4.29. The van der Waals surface area contributed by atoms with Crippen molar-refractivity contribution >= 4 is 12.2 Å². The van der Waals surface area contributed by atoms with Crippen molar-refractivity contribution in [3.05, 3.63) is 102 Å². The fraction of sp³-hybridized carbons (Fsp3) is 0.0909. The van der Waals surface area contributed by atoms with Crippen molar-refractivity contribution in [1.82, 2.24) is 0 Å². The van der Waals surface area contributed by atoms with E-state index in [1.165, 1.54) is 0 Å². The van der Waals surface area contributed by atoms with Gasteiger partial charge in [0.2, 0.25) is 0 Å². The minimum Gasteiger partial charge on any atom is -0.433 e. The number of carbonyl (C=O) groups excluding carboxylic acids is 2. The quantitative estimate of drug-likeness (QED) is 0.684. The molecule has 3 rings (SSSR count). The van der Waals surface area contributed by atoms with E-state index in [1.54, 1.807) is 18.2 Å². The Labute approximate surface area is 162 Å². The lowest BCUT2D eigenvalue weighted by molar-refractivity contribution is 0.0454. The summed E-state index contributed by atoms with van der Waals surface area (Å²) in [5, 5.41) is 0. The largest absolute Gasteiger partial charge is 0.433 e. The third-order valence-electron chi connectivity index (χ3n) is 4.32. The lowest BCUT2D eigenvalue weighted by Crippen LogP contribution is -2.38. The highest BCUT2D eigenvalue weighted by Crippen LogP contribution is 2.37. The van der Waals surface area contributed by atoms with Crippen molar-refractivity contribution in [2.24, 2.45) is 11.5 Å². The molecule has 4 N–H and O–H groups in total. The Balaban J connectivity index is 2.13. The summed E-state index contributed by atoms with van der Waals surface area (Å²) in [7, 11) is 0. The Kier molecular flexibility index (Phi) is 5.60. The van der Waals surface area contributed by atoms with E-state index in [2.05, 4.69) is 0 Å². The zero-order valence-corrected chi connectivity index (χ0v) is 15.1. The van der Waals surface area contributed by atoms with E-state index >= 15 is 0 Å². The molecule has 0 aliphatic carbocycles. The molecule has 0 bridgehead atoms. The fourth-order valence-electron chi connectivity index (χ4n) is 3.23. The molecular formula is C22H20N2O4. The fourth-order valence-corrected chi connectivity index (χ4v) is 3.23. The first-order chi connectivity index (χ1) is 13.5. The highest BCUT2D eigenvalue weighted by Gasteiger charge is 2.38. The summed E-state index contributed by atoms with van der Waals surface area (Å²) in [6, 6.07) is 25.6. The first-order valence-corrected chi connectivity index (χ1v) is 8.65. The minimum absolute atomic E-state index is 0.278. The van der Waals surface area contributed by atoms with Gasteiger partial charge in [-0.05, 0) is 17.7 Å². The van der Waals surface area contributed by atoms with Gasteiger partial charge in [0.1, 0.15) is 5.75 Å². The number of hydrogen-bond acceptors (Lipinski definition) is 4. The molecule has 0 aromatic heterocycles. The van der Waals surface area contributed by atoms with Gasteiger partial charge in [-0.1, -0.05) is 72.8 Å². The first kappa shape index (κ1) is 19.0. The monoisotopic (exact) mass is 376 g/mol. The van der Waals surface area contributed by atoms with Gasteiger partial charge < -0.3 is 20.9 Å².